The number of nitrogens with one attached hydrogen (secondary N) is 7. The fourth-order valence-corrected chi connectivity index (χ4v) is 13.7. The van der Waals surface area contributed by atoms with Crippen molar-refractivity contribution in [3.63, 3.8) is 0 Å². The van der Waals surface area contributed by atoms with Crippen LogP contribution in [0.4, 0.5) is 9.59 Å². The fraction of sp³-hybridized carbons (Fsp3) is 0.613. The van der Waals surface area contributed by atoms with Crippen LogP contribution in [0.1, 0.15) is 148 Å². The molecule has 0 radical (unpaired) electrons. The Labute approximate surface area is 609 Å². The first-order chi connectivity index (χ1) is 49.6. The number of aliphatic hydroxyl groups excluding tert-OH is 1. The summed E-state index contributed by atoms with van der Waals surface area (Å²) in [5, 5.41) is 30.6. The molecule has 4 saturated heterocycles. The second kappa shape index (κ2) is 39.9. The molecule has 3 aromatic carbocycles. The van der Waals surface area contributed by atoms with Crippen molar-refractivity contribution in [3.05, 3.63) is 108 Å². The number of hydrogen-bond donors (Lipinski definition) is 8. The number of rotatable bonds is 35. The van der Waals surface area contributed by atoms with E-state index < -0.39 is 151 Å². The first-order valence-corrected chi connectivity index (χ1v) is 36.3. The standard InChI is InChI=1S/C75H109N11O18/c1-11-55(83(9)72(97)103-74(3,4)5)65(90)81-63-51(28-30-53-32-34-57(85(53)70(63)95)67(92)79-61(48-22-16-13-17-23-48)49-24-18-14-19-25-49)44-78-60(89)47-102-46-59(88)76-36-38-99-40-42-101-43-41-100-39-37-77-69(94)62(50-26-20-15-21-27-50)80-68(93)58-35-33-54-31-29-52(45-87)64(71(96)86(54)58)82-66(91)56(12-2)84(10)73(98)104-75(6,7)8/h13-27,51-58,61-64,87H,11-12,28-47H2,1-10H3,(H,76,88)(H,77,94)(H,78,89)(H,79,92)(H,80,93)(H,81,90)(H,82,91)/t51-,52-,53?,54?,55+,56+,57?,58+,62+,63?,64?/m1/s1. The summed E-state index contributed by atoms with van der Waals surface area (Å²) in [6.07, 6.45) is 2.45. The second-order valence-electron chi connectivity index (χ2n) is 28.7. The Hall–Kier alpha value is -8.77. The molecule has 29 nitrogen and oxygen atoms in total. The van der Waals surface area contributed by atoms with Gasteiger partial charge in [0, 0.05) is 64.3 Å². The van der Waals surface area contributed by atoms with Crippen LogP contribution in [0.25, 0.3) is 0 Å². The Morgan fingerprint density at radius 1 is 0.490 bits per heavy atom. The molecule has 8 N–H and O–H groups in total. The van der Waals surface area contributed by atoms with Gasteiger partial charge in [0.1, 0.15) is 66.7 Å². The highest BCUT2D eigenvalue weighted by atomic mass is 16.6. The molecule has 4 heterocycles. The van der Waals surface area contributed by atoms with E-state index in [1.807, 2.05) is 60.7 Å². The van der Waals surface area contributed by atoms with Gasteiger partial charge in [0.25, 0.3) is 0 Å². The number of fused-ring (bicyclic) bond motifs is 2. The summed E-state index contributed by atoms with van der Waals surface area (Å²) in [5.41, 5.74) is 0.567. The third kappa shape index (κ3) is 23.9. The zero-order valence-corrected chi connectivity index (χ0v) is 61.8. The van der Waals surface area contributed by atoms with Crippen molar-refractivity contribution in [2.24, 2.45) is 11.8 Å². The Bertz CT molecular complexity index is 3300. The van der Waals surface area contributed by atoms with Gasteiger partial charge in [0.2, 0.25) is 53.2 Å². The highest BCUT2D eigenvalue weighted by molar-refractivity contribution is 5.97. The molecule has 3 aromatic rings. The Kier molecular flexibility index (Phi) is 31.7. The number of amides is 11. The number of aliphatic hydroxyl groups is 1. The molecule has 11 amide bonds. The van der Waals surface area contributed by atoms with Crippen LogP contribution in [0.2, 0.25) is 0 Å². The van der Waals surface area contributed by atoms with Crippen LogP contribution in [-0.4, -0.2) is 243 Å². The smallest absolute Gasteiger partial charge is 0.410 e. The molecule has 0 spiro atoms. The van der Waals surface area contributed by atoms with Crippen molar-refractivity contribution in [3.8, 4) is 0 Å². The van der Waals surface area contributed by atoms with E-state index in [-0.39, 0.29) is 90.1 Å². The minimum Gasteiger partial charge on any atom is -0.444 e. The summed E-state index contributed by atoms with van der Waals surface area (Å²) in [5.74, 6) is -6.00. The van der Waals surface area contributed by atoms with Crippen molar-refractivity contribution in [2.75, 3.05) is 93.2 Å². The molecule has 11 atom stereocenters. The highest BCUT2D eigenvalue weighted by Gasteiger charge is 2.51. The van der Waals surface area contributed by atoms with Crippen molar-refractivity contribution >= 4 is 65.4 Å². The maximum atomic E-state index is 15.0. The fourth-order valence-electron chi connectivity index (χ4n) is 13.7. The number of nitrogens with zero attached hydrogens (tertiary/aromatic N) is 4. The SMILES string of the molecule is CC[C@@H](C(=O)NC1C(=O)N2C(CCC2C(=O)NC(c2ccccc2)c2ccccc2)CC[C@@H]1CNC(=O)COCC(=O)NCCOCCOCCOCCNC(=O)[C@@H](NC(=O)[C@@H]1CCC2CC[C@H](CO)C(NC(=O)[C@H](CC)N(C)C(=O)OC(C)(C)C)C(=O)N21)c1ccccc1)N(C)C(=O)OC(C)(C)C. The van der Waals surface area contributed by atoms with E-state index in [0.29, 0.717) is 56.9 Å². The first-order valence-electron chi connectivity index (χ1n) is 36.3. The third-order valence-corrected chi connectivity index (χ3v) is 19.0. The zero-order chi connectivity index (χ0) is 75.7. The zero-order valence-electron chi connectivity index (χ0n) is 61.8. The van der Waals surface area contributed by atoms with Gasteiger partial charge in [-0.05, 0) is 122 Å². The van der Waals surface area contributed by atoms with Crippen LogP contribution in [0, 0.1) is 11.8 Å². The molecule has 0 bridgehead atoms. The number of carbonyl (C=O) groups is 11. The molecule has 4 aliphatic heterocycles. The van der Waals surface area contributed by atoms with Crippen molar-refractivity contribution < 1.29 is 86.3 Å². The molecule has 0 aliphatic carbocycles. The van der Waals surface area contributed by atoms with Crippen molar-refractivity contribution in [1.29, 1.82) is 0 Å². The van der Waals surface area contributed by atoms with E-state index in [2.05, 4.69) is 37.2 Å². The highest BCUT2D eigenvalue weighted by Crippen LogP contribution is 2.37. The molecular formula is C75H109N11O18. The minimum atomic E-state index is -1.20. The topological polar surface area (TPSA) is 361 Å². The van der Waals surface area contributed by atoms with Gasteiger partial charge in [-0.1, -0.05) is 105 Å². The molecule has 572 valence electrons. The minimum absolute atomic E-state index is 0.0576. The summed E-state index contributed by atoms with van der Waals surface area (Å²) in [6, 6.07) is 19.2. The van der Waals surface area contributed by atoms with E-state index >= 15 is 4.79 Å². The quantitative estimate of drug-likeness (QED) is 0.0386. The number of ether oxygens (including phenoxy) is 6. The van der Waals surface area contributed by atoms with Crippen molar-refractivity contribution in [1.82, 2.24) is 56.8 Å². The van der Waals surface area contributed by atoms with Gasteiger partial charge in [0.05, 0.1) is 45.7 Å². The third-order valence-electron chi connectivity index (χ3n) is 19.0. The van der Waals surface area contributed by atoms with E-state index in [0.717, 1.165) is 11.1 Å². The average molecular weight is 1450 g/mol. The normalized spacial score (nSPS) is 21.2. The van der Waals surface area contributed by atoms with E-state index in [1.54, 1.807) is 90.6 Å². The Morgan fingerprint density at radius 3 is 1.33 bits per heavy atom. The lowest BCUT2D eigenvalue weighted by Crippen LogP contribution is -2.60. The molecule has 104 heavy (non-hydrogen) atoms. The summed E-state index contributed by atoms with van der Waals surface area (Å²) in [7, 11) is 2.90. The summed E-state index contributed by atoms with van der Waals surface area (Å²) in [6.45, 7) is 13.7. The Morgan fingerprint density at radius 2 is 0.885 bits per heavy atom. The molecule has 0 saturated carbocycles. The molecule has 5 unspecified atom stereocenters. The predicted octanol–water partition coefficient (Wildman–Crippen LogP) is 3.96. The Balaban J connectivity index is 0.801. The molecule has 7 rings (SSSR count). The molecule has 4 fully saturated rings. The molecule has 29 heteroatoms. The molecule has 4 aliphatic rings. The summed E-state index contributed by atoms with van der Waals surface area (Å²) in [4.78, 5) is 158. The van der Waals surface area contributed by atoms with Crippen LogP contribution in [0.5, 0.6) is 0 Å². The van der Waals surface area contributed by atoms with Crippen LogP contribution in [0.15, 0.2) is 91.0 Å². The van der Waals surface area contributed by atoms with Crippen molar-refractivity contribution in [2.45, 2.75) is 191 Å². The largest absolute Gasteiger partial charge is 0.444 e. The van der Waals surface area contributed by atoms with Gasteiger partial charge in [-0.15, -0.1) is 0 Å². The first kappa shape index (κ1) is 82.5. The van der Waals surface area contributed by atoms with Gasteiger partial charge >= 0.3 is 12.2 Å². The monoisotopic (exact) mass is 1450 g/mol. The van der Waals surface area contributed by atoms with Gasteiger partial charge in [-0.25, -0.2) is 9.59 Å². The van der Waals surface area contributed by atoms with Gasteiger partial charge < -0.3 is 80.5 Å². The van der Waals surface area contributed by atoms with E-state index in [1.165, 1.54) is 28.8 Å². The van der Waals surface area contributed by atoms with Crippen LogP contribution in [0.3, 0.4) is 0 Å². The lowest BCUT2D eigenvalue weighted by Gasteiger charge is -2.34. The maximum Gasteiger partial charge on any atom is 0.410 e. The van der Waals surface area contributed by atoms with Gasteiger partial charge in [-0.3, -0.25) is 53.0 Å². The van der Waals surface area contributed by atoms with Gasteiger partial charge in [-0.2, -0.15) is 0 Å². The van der Waals surface area contributed by atoms with Gasteiger partial charge in [0.15, 0.2) is 0 Å². The number of carbonyl (C=O) groups excluding carboxylic acids is 11. The number of hydrogen-bond acceptors (Lipinski definition) is 18. The van der Waals surface area contributed by atoms with E-state index in [9.17, 15) is 53.1 Å². The van der Waals surface area contributed by atoms with Crippen LogP contribution < -0.4 is 37.2 Å². The maximum absolute atomic E-state index is 15.0. The summed E-state index contributed by atoms with van der Waals surface area (Å²) < 4.78 is 33.4. The number of likely N-dealkylation sites (N-methyl/N-ethyl adjacent to an activating group) is 2. The number of benzene rings is 3. The van der Waals surface area contributed by atoms with Crippen LogP contribution >= 0.6 is 0 Å². The predicted molar refractivity (Wildman–Crippen MR) is 382 cm³/mol. The lowest BCUT2D eigenvalue weighted by atomic mass is 9.92. The van der Waals surface area contributed by atoms with E-state index in [4.69, 9.17) is 28.4 Å². The van der Waals surface area contributed by atoms with Crippen LogP contribution in [-0.2, 0) is 71.6 Å². The molecule has 0 aromatic heterocycles. The average Bonchev–Trinajstić information content (AvgIpc) is 1.62. The molecular weight excluding hydrogens is 1340 g/mol. The summed E-state index contributed by atoms with van der Waals surface area (Å²) >= 11 is 0. The second-order valence-corrected chi connectivity index (χ2v) is 28.7. The lowest BCUT2D eigenvalue weighted by molar-refractivity contribution is -0.145.